The summed E-state index contributed by atoms with van der Waals surface area (Å²) in [5.74, 6) is 0.571. The lowest BCUT2D eigenvalue weighted by atomic mass is 9.91. The number of Topliss-reactive ketones (excluding diaryl/α,β-unsaturated/α-hetero) is 1. The molecule has 0 heterocycles. The summed E-state index contributed by atoms with van der Waals surface area (Å²) in [5.41, 5.74) is 5.74. The second-order valence-corrected chi connectivity index (χ2v) is 2.92. The standard InChI is InChI=1S/C9H19NO/c1-4-7(5-2)9(10)8(11)6-3/h7,9H,4-6,10H2,1-3H3/t9-/m0/s1. The molecule has 0 spiro atoms. The van der Waals surface area contributed by atoms with E-state index in [1.54, 1.807) is 0 Å². The van der Waals surface area contributed by atoms with Crippen LogP contribution >= 0.6 is 0 Å². The number of carbonyl (C=O) groups is 1. The van der Waals surface area contributed by atoms with Crippen LogP contribution < -0.4 is 5.73 Å². The van der Waals surface area contributed by atoms with Crippen molar-refractivity contribution in [3.8, 4) is 0 Å². The molecule has 1 atom stereocenters. The molecule has 0 aliphatic rings. The topological polar surface area (TPSA) is 43.1 Å². The highest BCUT2D eigenvalue weighted by Gasteiger charge is 2.19. The number of hydrogen-bond donors (Lipinski definition) is 1. The summed E-state index contributed by atoms with van der Waals surface area (Å²) >= 11 is 0. The summed E-state index contributed by atoms with van der Waals surface area (Å²) in [6, 6.07) is -0.227. The average molecular weight is 157 g/mol. The van der Waals surface area contributed by atoms with Gasteiger partial charge in [-0.15, -0.1) is 0 Å². The van der Waals surface area contributed by atoms with Gasteiger partial charge in [0, 0.05) is 6.42 Å². The van der Waals surface area contributed by atoms with Gasteiger partial charge in [-0.3, -0.25) is 4.79 Å². The minimum Gasteiger partial charge on any atom is -0.321 e. The Labute approximate surface area is 69.2 Å². The third-order valence-electron chi connectivity index (χ3n) is 2.28. The Balaban J connectivity index is 3.97. The molecule has 11 heavy (non-hydrogen) atoms. The first-order valence-corrected chi connectivity index (χ1v) is 4.45. The van der Waals surface area contributed by atoms with Gasteiger partial charge in [-0.25, -0.2) is 0 Å². The zero-order chi connectivity index (χ0) is 8.85. The van der Waals surface area contributed by atoms with Crippen LogP contribution in [0.4, 0.5) is 0 Å². The highest BCUT2D eigenvalue weighted by molar-refractivity contribution is 5.83. The van der Waals surface area contributed by atoms with Crippen molar-refractivity contribution < 1.29 is 4.79 Å². The van der Waals surface area contributed by atoms with E-state index < -0.39 is 0 Å². The summed E-state index contributed by atoms with van der Waals surface area (Å²) in [5, 5.41) is 0. The maximum absolute atomic E-state index is 11.1. The first-order valence-electron chi connectivity index (χ1n) is 4.45. The molecule has 0 aliphatic heterocycles. The molecule has 0 aromatic heterocycles. The van der Waals surface area contributed by atoms with Gasteiger partial charge in [-0.2, -0.15) is 0 Å². The number of hydrogen-bond acceptors (Lipinski definition) is 2. The van der Waals surface area contributed by atoms with Crippen molar-refractivity contribution in [1.82, 2.24) is 0 Å². The van der Waals surface area contributed by atoms with Crippen LogP contribution in [0.2, 0.25) is 0 Å². The van der Waals surface area contributed by atoms with Gasteiger partial charge in [-0.05, 0) is 5.92 Å². The van der Waals surface area contributed by atoms with Gasteiger partial charge < -0.3 is 5.73 Å². The van der Waals surface area contributed by atoms with E-state index in [0.29, 0.717) is 12.3 Å². The lowest BCUT2D eigenvalue weighted by Gasteiger charge is -2.18. The van der Waals surface area contributed by atoms with Gasteiger partial charge in [0.15, 0.2) is 0 Å². The van der Waals surface area contributed by atoms with Gasteiger partial charge >= 0.3 is 0 Å². The Bertz CT molecular complexity index is 119. The van der Waals surface area contributed by atoms with Gasteiger partial charge in [0.2, 0.25) is 0 Å². The number of nitrogens with two attached hydrogens (primary N) is 1. The lowest BCUT2D eigenvalue weighted by Crippen LogP contribution is -2.37. The monoisotopic (exact) mass is 157 g/mol. The first-order chi connectivity index (χ1) is 5.17. The van der Waals surface area contributed by atoms with E-state index in [0.717, 1.165) is 12.8 Å². The molecule has 66 valence electrons. The predicted molar refractivity (Wildman–Crippen MR) is 47.3 cm³/mol. The molecule has 0 fully saturated rings. The Morgan fingerprint density at radius 3 is 2.00 bits per heavy atom. The van der Waals surface area contributed by atoms with Gasteiger partial charge in [0.05, 0.1) is 6.04 Å². The zero-order valence-electron chi connectivity index (χ0n) is 7.76. The molecular weight excluding hydrogens is 138 g/mol. The molecule has 0 amide bonds. The largest absolute Gasteiger partial charge is 0.321 e. The van der Waals surface area contributed by atoms with Crippen molar-refractivity contribution in [3.05, 3.63) is 0 Å². The molecule has 0 unspecified atom stereocenters. The molecule has 0 aromatic rings. The van der Waals surface area contributed by atoms with Crippen molar-refractivity contribution in [1.29, 1.82) is 0 Å². The molecule has 0 bridgehead atoms. The van der Waals surface area contributed by atoms with Crippen LogP contribution in [0.15, 0.2) is 0 Å². The molecule has 0 aromatic carbocycles. The lowest BCUT2D eigenvalue weighted by molar-refractivity contribution is -0.121. The quantitative estimate of drug-likeness (QED) is 0.660. The van der Waals surface area contributed by atoms with Gasteiger partial charge in [-0.1, -0.05) is 33.6 Å². The van der Waals surface area contributed by atoms with E-state index in [4.69, 9.17) is 5.73 Å². The predicted octanol–water partition coefficient (Wildman–Crippen LogP) is 1.73. The number of carbonyl (C=O) groups excluding carboxylic acids is 1. The van der Waals surface area contributed by atoms with Crippen LogP contribution in [0.3, 0.4) is 0 Å². The number of rotatable bonds is 5. The Hall–Kier alpha value is -0.370. The van der Waals surface area contributed by atoms with Crippen LogP contribution in [0.25, 0.3) is 0 Å². The summed E-state index contributed by atoms with van der Waals surface area (Å²) in [4.78, 5) is 11.1. The first kappa shape index (κ1) is 10.6. The molecule has 0 aliphatic carbocycles. The van der Waals surface area contributed by atoms with Crippen molar-refractivity contribution in [3.63, 3.8) is 0 Å². The third kappa shape index (κ3) is 3.02. The van der Waals surface area contributed by atoms with Crippen LogP contribution in [-0.2, 0) is 4.79 Å². The van der Waals surface area contributed by atoms with Crippen molar-refractivity contribution >= 4 is 5.78 Å². The van der Waals surface area contributed by atoms with Crippen LogP contribution in [0.1, 0.15) is 40.0 Å². The van der Waals surface area contributed by atoms with E-state index in [1.807, 2.05) is 6.92 Å². The second-order valence-electron chi connectivity index (χ2n) is 2.92. The SMILES string of the molecule is CCC(=O)[C@@H](N)C(CC)CC. The summed E-state index contributed by atoms with van der Waals surface area (Å²) < 4.78 is 0. The maximum atomic E-state index is 11.1. The third-order valence-corrected chi connectivity index (χ3v) is 2.28. The zero-order valence-corrected chi connectivity index (χ0v) is 7.76. The van der Waals surface area contributed by atoms with Gasteiger partial charge in [0.25, 0.3) is 0 Å². The minimum absolute atomic E-state index is 0.193. The summed E-state index contributed by atoms with van der Waals surface area (Å²) in [6.07, 6.45) is 2.57. The number of ketones is 1. The van der Waals surface area contributed by atoms with Crippen molar-refractivity contribution in [2.24, 2.45) is 11.7 Å². The van der Waals surface area contributed by atoms with E-state index in [9.17, 15) is 4.79 Å². The second kappa shape index (κ2) is 5.30. The Morgan fingerprint density at radius 1 is 1.27 bits per heavy atom. The Kier molecular flexibility index (Phi) is 5.12. The average Bonchev–Trinajstić information content (AvgIpc) is 2.05. The van der Waals surface area contributed by atoms with Crippen molar-refractivity contribution in [2.75, 3.05) is 0 Å². The summed E-state index contributed by atoms with van der Waals surface area (Å²) in [7, 11) is 0. The van der Waals surface area contributed by atoms with Crippen LogP contribution in [0.5, 0.6) is 0 Å². The van der Waals surface area contributed by atoms with E-state index in [1.165, 1.54) is 0 Å². The fourth-order valence-corrected chi connectivity index (χ4v) is 1.30. The minimum atomic E-state index is -0.227. The maximum Gasteiger partial charge on any atom is 0.149 e. The van der Waals surface area contributed by atoms with E-state index in [-0.39, 0.29) is 11.8 Å². The molecule has 0 rings (SSSR count). The molecule has 0 radical (unpaired) electrons. The smallest absolute Gasteiger partial charge is 0.149 e. The molecule has 2 nitrogen and oxygen atoms in total. The van der Waals surface area contributed by atoms with Crippen LogP contribution in [0, 0.1) is 5.92 Å². The van der Waals surface area contributed by atoms with E-state index in [2.05, 4.69) is 13.8 Å². The highest BCUT2D eigenvalue weighted by atomic mass is 16.1. The van der Waals surface area contributed by atoms with Crippen LogP contribution in [-0.4, -0.2) is 11.8 Å². The Morgan fingerprint density at radius 2 is 1.73 bits per heavy atom. The summed E-state index contributed by atoms with van der Waals surface area (Å²) in [6.45, 7) is 6.03. The molecule has 0 saturated carbocycles. The highest BCUT2D eigenvalue weighted by Crippen LogP contribution is 2.12. The van der Waals surface area contributed by atoms with E-state index >= 15 is 0 Å². The normalized spacial score (nSPS) is 13.5. The molecule has 2 N–H and O–H groups in total. The fraction of sp³-hybridized carbons (Fsp3) is 0.889. The fourth-order valence-electron chi connectivity index (χ4n) is 1.30. The molecular formula is C9H19NO. The molecule has 0 saturated heterocycles. The van der Waals surface area contributed by atoms with Crippen molar-refractivity contribution in [2.45, 2.75) is 46.1 Å². The van der Waals surface area contributed by atoms with Gasteiger partial charge in [0.1, 0.15) is 5.78 Å². The molecule has 2 heteroatoms.